The van der Waals surface area contributed by atoms with Crippen molar-refractivity contribution < 1.29 is 25.3 Å². The molecule has 0 heterocycles. The Morgan fingerprint density at radius 2 is 1.02 bits per heavy atom. The molecule has 0 bridgehead atoms. The van der Waals surface area contributed by atoms with Crippen LogP contribution in [0.1, 0.15) is 16.7 Å². The van der Waals surface area contributed by atoms with Crippen LogP contribution in [0.2, 0.25) is 0 Å². The second-order valence-electron chi connectivity index (χ2n) is 8.61. The van der Waals surface area contributed by atoms with Gasteiger partial charge in [0.25, 0.3) is 0 Å². The van der Waals surface area contributed by atoms with E-state index in [1.165, 1.54) is 12.3 Å². The molecule has 0 radical (unpaired) electrons. The highest BCUT2D eigenvalue weighted by atomic mass is 16.5. The SMILES string of the molecule is O=C1C=CC=C/C1=C/N(O)CCN=Cc1ccccc1O.Oc1ccccc1C=NCCN=Cc1ccccc1O. The molecule has 0 saturated heterocycles. The first kappa shape index (κ1) is 30.3. The van der Waals surface area contributed by atoms with Crippen molar-refractivity contribution in [3.8, 4) is 17.2 Å². The zero-order valence-corrected chi connectivity index (χ0v) is 22.4. The third kappa shape index (κ3) is 10.8. The number of carbonyl (C=O) groups excluding carboxylic acids is 1. The zero-order valence-electron chi connectivity index (χ0n) is 22.4. The predicted octanol–water partition coefficient (Wildman–Crippen LogP) is 4.72. The third-order valence-corrected chi connectivity index (χ3v) is 5.52. The Bertz CT molecular complexity index is 1420. The second-order valence-corrected chi connectivity index (χ2v) is 8.61. The van der Waals surface area contributed by atoms with Gasteiger partial charge in [0.15, 0.2) is 5.78 Å². The number of phenolic OH excluding ortho intramolecular Hbond substituents is 3. The van der Waals surface area contributed by atoms with Crippen molar-refractivity contribution in [1.82, 2.24) is 5.06 Å². The van der Waals surface area contributed by atoms with E-state index in [2.05, 4.69) is 15.0 Å². The van der Waals surface area contributed by atoms with Gasteiger partial charge in [0.1, 0.15) is 17.2 Å². The van der Waals surface area contributed by atoms with E-state index in [1.54, 1.807) is 97.5 Å². The molecule has 0 unspecified atom stereocenters. The summed E-state index contributed by atoms with van der Waals surface area (Å²) in [7, 11) is 0. The van der Waals surface area contributed by atoms with Crippen molar-refractivity contribution >= 4 is 24.4 Å². The van der Waals surface area contributed by atoms with Crippen LogP contribution in [0.3, 0.4) is 0 Å². The van der Waals surface area contributed by atoms with Crippen LogP contribution >= 0.6 is 0 Å². The number of rotatable bonds is 10. The molecule has 210 valence electrons. The first-order valence-electron chi connectivity index (χ1n) is 12.8. The molecule has 0 aliphatic heterocycles. The van der Waals surface area contributed by atoms with Crippen LogP contribution < -0.4 is 0 Å². The second kappa shape index (κ2) is 16.6. The van der Waals surface area contributed by atoms with Crippen molar-refractivity contribution in [3.05, 3.63) is 126 Å². The quantitative estimate of drug-likeness (QED) is 0.124. The number of para-hydroxylation sites is 3. The van der Waals surface area contributed by atoms with Crippen molar-refractivity contribution in [2.24, 2.45) is 15.0 Å². The normalized spacial score (nSPS) is 13.8. The van der Waals surface area contributed by atoms with Gasteiger partial charge in [-0.2, -0.15) is 0 Å². The fraction of sp³-hybridized carbons (Fsp3) is 0.125. The van der Waals surface area contributed by atoms with Crippen LogP contribution in [0.15, 0.2) is 124 Å². The van der Waals surface area contributed by atoms with Crippen LogP contribution in [0.5, 0.6) is 17.2 Å². The summed E-state index contributed by atoms with van der Waals surface area (Å²) >= 11 is 0. The summed E-state index contributed by atoms with van der Waals surface area (Å²) in [4.78, 5) is 24.0. The fourth-order valence-electron chi connectivity index (χ4n) is 3.37. The number of phenols is 3. The number of nitrogens with zero attached hydrogens (tertiary/aromatic N) is 4. The number of carbonyl (C=O) groups is 1. The first-order valence-corrected chi connectivity index (χ1v) is 12.8. The van der Waals surface area contributed by atoms with Gasteiger partial charge < -0.3 is 15.3 Å². The molecular weight excluding hydrogens is 520 g/mol. The van der Waals surface area contributed by atoms with Crippen molar-refractivity contribution in [3.63, 3.8) is 0 Å². The number of aromatic hydroxyl groups is 3. The minimum Gasteiger partial charge on any atom is -0.507 e. The van der Waals surface area contributed by atoms with Crippen molar-refractivity contribution in [1.29, 1.82) is 0 Å². The number of aliphatic imine (C=N–C) groups is 3. The lowest BCUT2D eigenvalue weighted by molar-refractivity contribution is -0.111. The summed E-state index contributed by atoms with van der Waals surface area (Å²) in [5.74, 6) is 0.450. The van der Waals surface area contributed by atoms with Gasteiger partial charge in [-0.1, -0.05) is 48.6 Å². The third-order valence-electron chi connectivity index (χ3n) is 5.52. The van der Waals surface area contributed by atoms with Crippen LogP contribution in [0, 0.1) is 0 Å². The molecule has 0 spiro atoms. The maximum atomic E-state index is 11.5. The number of benzene rings is 3. The lowest BCUT2D eigenvalue weighted by Gasteiger charge is -2.12. The average molecular weight is 553 g/mol. The maximum Gasteiger partial charge on any atom is 0.187 e. The van der Waals surface area contributed by atoms with Gasteiger partial charge in [-0.05, 0) is 48.6 Å². The van der Waals surface area contributed by atoms with E-state index < -0.39 is 0 Å². The Labute approximate surface area is 238 Å². The Hall–Kier alpha value is -5.28. The molecule has 1 aliphatic rings. The molecule has 41 heavy (non-hydrogen) atoms. The van der Waals surface area contributed by atoms with E-state index in [4.69, 9.17) is 0 Å². The molecule has 3 aromatic rings. The lowest BCUT2D eigenvalue weighted by atomic mass is 10.1. The first-order chi connectivity index (χ1) is 19.9. The summed E-state index contributed by atoms with van der Waals surface area (Å²) in [5.41, 5.74) is 2.43. The molecule has 0 amide bonds. The monoisotopic (exact) mass is 552 g/mol. The van der Waals surface area contributed by atoms with E-state index in [9.17, 15) is 25.3 Å². The molecule has 1 aliphatic carbocycles. The van der Waals surface area contributed by atoms with Gasteiger partial charge in [-0.3, -0.25) is 30.0 Å². The molecule has 0 aromatic heterocycles. The minimum absolute atomic E-state index is 0.144. The van der Waals surface area contributed by atoms with E-state index >= 15 is 0 Å². The lowest BCUT2D eigenvalue weighted by Crippen LogP contribution is -2.18. The number of allylic oxidation sites excluding steroid dienone is 5. The minimum atomic E-state index is -0.144. The molecular formula is C32H32N4O5. The van der Waals surface area contributed by atoms with Gasteiger partial charge >= 0.3 is 0 Å². The molecule has 0 atom stereocenters. The smallest absolute Gasteiger partial charge is 0.187 e. The largest absolute Gasteiger partial charge is 0.507 e. The maximum absolute atomic E-state index is 11.5. The summed E-state index contributed by atoms with van der Waals surface area (Å²) < 4.78 is 0. The van der Waals surface area contributed by atoms with E-state index in [0.29, 0.717) is 41.9 Å². The van der Waals surface area contributed by atoms with Crippen LogP contribution in [0.4, 0.5) is 0 Å². The van der Waals surface area contributed by atoms with Gasteiger partial charge in [0, 0.05) is 47.1 Å². The summed E-state index contributed by atoms with van der Waals surface area (Å²) in [6.45, 7) is 1.64. The van der Waals surface area contributed by atoms with Crippen LogP contribution in [-0.2, 0) is 4.79 Å². The van der Waals surface area contributed by atoms with Gasteiger partial charge in [-0.15, -0.1) is 0 Å². The van der Waals surface area contributed by atoms with Gasteiger partial charge in [0.2, 0.25) is 0 Å². The molecule has 9 nitrogen and oxygen atoms in total. The summed E-state index contributed by atoms with van der Waals surface area (Å²) in [6, 6.07) is 20.9. The average Bonchev–Trinajstić information content (AvgIpc) is 2.97. The van der Waals surface area contributed by atoms with Gasteiger partial charge in [-0.25, -0.2) is 0 Å². The molecule has 9 heteroatoms. The molecule has 4 rings (SSSR count). The Morgan fingerprint density at radius 3 is 1.46 bits per heavy atom. The van der Waals surface area contributed by atoms with Crippen LogP contribution in [0.25, 0.3) is 0 Å². The topological polar surface area (TPSA) is 138 Å². The highest BCUT2D eigenvalue weighted by molar-refractivity contribution is 6.07. The number of hydrogen-bond acceptors (Lipinski definition) is 9. The number of hydroxylamine groups is 2. The number of ketones is 1. The summed E-state index contributed by atoms with van der Waals surface area (Å²) in [5, 5.41) is 39.3. The Balaban J connectivity index is 0.000000226. The molecule has 4 N–H and O–H groups in total. The van der Waals surface area contributed by atoms with E-state index in [-0.39, 0.29) is 29.6 Å². The van der Waals surface area contributed by atoms with Crippen molar-refractivity contribution in [2.75, 3.05) is 26.2 Å². The van der Waals surface area contributed by atoms with E-state index in [1.807, 2.05) is 12.1 Å². The highest BCUT2D eigenvalue weighted by Gasteiger charge is 2.07. The predicted molar refractivity (Wildman–Crippen MR) is 162 cm³/mol. The Kier molecular flexibility index (Phi) is 12.3. The molecule has 0 saturated carbocycles. The Morgan fingerprint density at radius 1 is 0.610 bits per heavy atom. The standard InChI is InChI=1S/C16H16N2O3.C16H16N2O2/c19-15-7-3-1-5-13(15)11-17-9-10-18(21)12-14-6-2-4-8-16(14)20;19-15-7-3-1-5-13(15)11-17-9-10-18-12-14-6-2-4-8-16(14)20/h1-8,11-12,19,21H,9-10H2;1-8,11-12,19-20H,9-10H2/b14-12-,17-11?;. The van der Waals surface area contributed by atoms with E-state index in [0.717, 1.165) is 5.06 Å². The fourth-order valence-corrected chi connectivity index (χ4v) is 3.37. The zero-order chi connectivity index (χ0) is 29.3. The highest BCUT2D eigenvalue weighted by Crippen LogP contribution is 2.14. The van der Waals surface area contributed by atoms with Crippen LogP contribution in [-0.4, -0.2) is 76.2 Å². The van der Waals surface area contributed by atoms with Crippen molar-refractivity contribution in [2.45, 2.75) is 0 Å². The number of hydrogen-bond donors (Lipinski definition) is 4. The summed E-state index contributed by atoms with van der Waals surface area (Å²) in [6.07, 6.45) is 12.6. The van der Waals surface area contributed by atoms with Gasteiger partial charge in [0.05, 0.1) is 26.2 Å². The molecule has 0 fully saturated rings. The molecule has 3 aromatic carbocycles.